The first-order valence-corrected chi connectivity index (χ1v) is 10.9. The highest BCUT2D eigenvalue weighted by Crippen LogP contribution is 2.49. The number of aromatic nitrogens is 1. The monoisotopic (exact) mass is 370 g/mol. The lowest BCUT2D eigenvalue weighted by Crippen LogP contribution is -2.47. The van der Waals surface area contributed by atoms with Gasteiger partial charge in [0.15, 0.2) is 0 Å². The highest BCUT2D eigenvalue weighted by Gasteiger charge is 2.48. The van der Waals surface area contributed by atoms with Gasteiger partial charge in [-0.05, 0) is 74.7 Å². The number of nitrogens with zero attached hydrogens (tertiary/aromatic N) is 1. The number of hydrogen-bond acceptors (Lipinski definition) is 4. The largest absolute Gasteiger partial charge is 0.375 e. The lowest BCUT2D eigenvalue weighted by molar-refractivity contribution is -0.104. The van der Waals surface area contributed by atoms with Crippen molar-refractivity contribution in [2.75, 3.05) is 13.2 Å². The van der Waals surface area contributed by atoms with Crippen molar-refractivity contribution in [3.63, 3.8) is 0 Å². The molecular weight excluding hydrogens is 340 g/mol. The van der Waals surface area contributed by atoms with Crippen LogP contribution in [-0.4, -0.2) is 23.7 Å². The smallest absolute Gasteiger partial charge is 0.0691 e. The van der Waals surface area contributed by atoms with Crippen molar-refractivity contribution in [3.05, 3.63) is 52.0 Å². The first-order valence-electron chi connectivity index (χ1n) is 10.0. The first-order chi connectivity index (χ1) is 12.7. The standard InChI is InChI=1S/C22H30N2OS/c1-18-14-19(26-16-18)15-23-12-9-21(20-6-2-5-11-24-20)10-13-25-22(17-21)7-3-4-8-22/h2,5-6,11,14,16,23H,3-4,7-10,12-13,15,17H2,1H3/t21-/m1/s1. The zero-order valence-electron chi connectivity index (χ0n) is 15.8. The highest BCUT2D eigenvalue weighted by molar-refractivity contribution is 7.10. The molecule has 0 aromatic carbocycles. The summed E-state index contributed by atoms with van der Waals surface area (Å²) in [7, 11) is 0. The molecule has 0 radical (unpaired) electrons. The van der Waals surface area contributed by atoms with E-state index in [1.807, 2.05) is 23.6 Å². The molecular formula is C22H30N2OS. The second-order valence-electron chi connectivity index (χ2n) is 8.18. The summed E-state index contributed by atoms with van der Waals surface area (Å²) in [4.78, 5) is 6.21. The van der Waals surface area contributed by atoms with E-state index in [4.69, 9.17) is 9.72 Å². The van der Waals surface area contributed by atoms with Gasteiger partial charge in [-0.1, -0.05) is 18.9 Å². The minimum Gasteiger partial charge on any atom is -0.375 e. The fraction of sp³-hybridized carbons (Fsp3) is 0.591. The molecule has 3 heterocycles. The number of nitrogens with one attached hydrogen (secondary N) is 1. The molecule has 3 nitrogen and oxygen atoms in total. The van der Waals surface area contributed by atoms with Gasteiger partial charge in [-0.2, -0.15) is 0 Å². The third-order valence-corrected chi connectivity index (χ3v) is 7.29. The minimum atomic E-state index is 0.112. The third-order valence-electron chi connectivity index (χ3n) is 6.24. The van der Waals surface area contributed by atoms with Gasteiger partial charge in [0.1, 0.15) is 0 Å². The number of ether oxygens (including phenoxy) is 1. The van der Waals surface area contributed by atoms with Crippen molar-refractivity contribution >= 4 is 11.3 Å². The number of aryl methyl sites for hydroxylation is 1. The van der Waals surface area contributed by atoms with Crippen LogP contribution in [0.15, 0.2) is 35.8 Å². The van der Waals surface area contributed by atoms with Gasteiger partial charge in [0.25, 0.3) is 0 Å². The molecule has 4 rings (SSSR count). The predicted molar refractivity (Wildman–Crippen MR) is 108 cm³/mol. The third kappa shape index (κ3) is 3.88. The normalized spacial score (nSPS) is 25.0. The summed E-state index contributed by atoms with van der Waals surface area (Å²) in [6.07, 6.45) is 10.4. The number of pyridine rings is 1. The maximum absolute atomic E-state index is 6.34. The van der Waals surface area contributed by atoms with Crippen molar-refractivity contribution < 1.29 is 4.74 Å². The number of hydrogen-bond donors (Lipinski definition) is 1. The van der Waals surface area contributed by atoms with E-state index in [0.717, 1.165) is 39.0 Å². The average molecular weight is 371 g/mol. The van der Waals surface area contributed by atoms with Gasteiger partial charge in [-0.15, -0.1) is 11.3 Å². The molecule has 1 N–H and O–H groups in total. The van der Waals surface area contributed by atoms with Crippen molar-refractivity contribution in [2.24, 2.45) is 0 Å². The molecule has 4 heteroatoms. The summed E-state index contributed by atoms with van der Waals surface area (Å²) in [6.45, 7) is 5.04. The Morgan fingerprint density at radius 1 is 1.23 bits per heavy atom. The molecule has 2 fully saturated rings. The molecule has 1 aliphatic carbocycles. The van der Waals surface area contributed by atoms with Crippen LogP contribution in [0.25, 0.3) is 0 Å². The van der Waals surface area contributed by atoms with Crippen LogP contribution in [0.3, 0.4) is 0 Å². The van der Waals surface area contributed by atoms with E-state index in [2.05, 4.69) is 35.8 Å². The van der Waals surface area contributed by atoms with Crippen LogP contribution in [0.1, 0.15) is 61.1 Å². The van der Waals surface area contributed by atoms with Gasteiger partial charge in [0, 0.05) is 35.3 Å². The van der Waals surface area contributed by atoms with Crippen LogP contribution in [0.4, 0.5) is 0 Å². The molecule has 1 atom stereocenters. The molecule has 1 aliphatic heterocycles. The molecule has 0 unspecified atom stereocenters. The van der Waals surface area contributed by atoms with E-state index in [1.54, 1.807) is 0 Å². The molecule has 2 aromatic heterocycles. The summed E-state index contributed by atoms with van der Waals surface area (Å²) in [6, 6.07) is 8.69. The molecule has 1 spiro atoms. The van der Waals surface area contributed by atoms with Gasteiger partial charge in [0.05, 0.1) is 5.60 Å². The summed E-state index contributed by atoms with van der Waals surface area (Å²) in [5.74, 6) is 0. The van der Waals surface area contributed by atoms with Crippen LogP contribution in [-0.2, 0) is 16.7 Å². The van der Waals surface area contributed by atoms with Crippen LogP contribution in [0.2, 0.25) is 0 Å². The minimum absolute atomic E-state index is 0.112. The quantitative estimate of drug-likeness (QED) is 0.727. The predicted octanol–water partition coefficient (Wildman–Crippen LogP) is 4.99. The van der Waals surface area contributed by atoms with E-state index in [9.17, 15) is 0 Å². The molecule has 2 aliphatic rings. The van der Waals surface area contributed by atoms with Gasteiger partial charge in [-0.3, -0.25) is 4.98 Å². The van der Waals surface area contributed by atoms with Crippen molar-refractivity contribution in [2.45, 2.75) is 69.4 Å². The molecule has 26 heavy (non-hydrogen) atoms. The zero-order chi connectivity index (χ0) is 17.9. The van der Waals surface area contributed by atoms with Crippen LogP contribution < -0.4 is 5.32 Å². The Bertz CT molecular complexity index is 708. The number of thiophene rings is 1. The van der Waals surface area contributed by atoms with Gasteiger partial charge < -0.3 is 10.1 Å². The molecule has 0 bridgehead atoms. The Kier molecular flexibility index (Phi) is 5.44. The first kappa shape index (κ1) is 18.1. The van der Waals surface area contributed by atoms with E-state index in [1.165, 1.54) is 41.8 Å². The molecule has 0 amide bonds. The summed E-state index contributed by atoms with van der Waals surface area (Å²) in [5.41, 5.74) is 2.90. The summed E-state index contributed by atoms with van der Waals surface area (Å²) in [5, 5.41) is 5.91. The second kappa shape index (κ2) is 7.79. The van der Waals surface area contributed by atoms with Gasteiger partial charge in [-0.25, -0.2) is 0 Å². The Hall–Kier alpha value is -1.23. The Balaban J connectivity index is 1.46. The van der Waals surface area contributed by atoms with E-state index in [-0.39, 0.29) is 11.0 Å². The maximum Gasteiger partial charge on any atom is 0.0691 e. The average Bonchev–Trinajstić information content (AvgIpc) is 3.29. The Labute approximate surface area is 161 Å². The van der Waals surface area contributed by atoms with Gasteiger partial charge in [0.2, 0.25) is 0 Å². The van der Waals surface area contributed by atoms with Crippen molar-refractivity contribution in [3.8, 4) is 0 Å². The number of rotatable bonds is 6. The molecule has 1 saturated heterocycles. The maximum atomic E-state index is 6.34. The van der Waals surface area contributed by atoms with Crippen LogP contribution in [0, 0.1) is 6.92 Å². The van der Waals surface area contributed by atoms with E-state index < -0.39 is 0 Å². The fourth-order valence-electron chi connectivity index (χ4n) is 4.92. The lowest BCUT2D eigenvalue weighted by atomic mass is 9.68. The van der Waals surface area contributed by atoms with Crippen LogP contribution in [0.5, 0.6) is 0 Å². The van der Waals surface area contributed by atoms with Crippen LogP contribution >= 0.6 is 11.3 Å². The topological polar surface area (TPSA) is 34.2 Å². The Morgan fingerprint density at radius 3 is 2.85 bits per heavy atom. The van der Waals surface area contributed by atoms with Crippen molar-refractivity contribution in [1.29, 1.82) is 0 Å². The molecule has 1 saturated carbocycles. The van der Waals surface area contributed by atoms with Gasteiger partial charge >= 0.3 is 0 Å². The second-order valence-corrected chi connectivity index (χ2v) is 9.17. The SMILES string of the molecule is Cc1csc(CNCC[C@@]2(c3ccccn3)CCOC3(CCCC3)C2)c1. The summed E-state index contributed by atoms with van der Waals surface area (Å²) >= 11 is 1.85. The molecule has 2 aromatic rings. The molecule has 140 valence electrons. The van der Waals surface area contributed by atoms with E-state index >= 15 is 0 Å². The fourth-order valence-corrected chi connectivity index (χ4v) is 5.76. The lowest BCUT2D eigenvalue weighted by Gasteiger charge is -2.46. The Morgan fingerprint density at radius 2 is 2.12 bits per heavy atom. The van der Waals surface area contributed by atoms with Crippen molar-refractivity contribution in [1.82, 2.24) is 10.3 Å². The zero-order valence-corrected chi connectivity index (χ0v) is 16.6. The summed E-state index contributed by atoms with van der Waals surface area (Å²) < 4.78 is 6.34. The van der Waals surface area contributed by atoms with E-state index in [0.29, 0.717) is 0 Å². The highest BCUT2D eigenvalue weighted by atomic mass is 32.1.